The standard InChI is InChI=1S/C16H18N2O8S2/c1-9-6-13(19)11(16(20)21)8-15(9)28(24,25)17-10-4-5-12(14(7-10)26-2)18-27(3,22)23/h4-8,17-19H,1-3H3,(H,20,21). The predicted molar refractivity (Wildman–Crippen MR) is 102 cm³/mol. The van der Waals surface area contributed by atoms with E-state index in [-0.39, 0.29) is 27.6 Å². The fourth-order valence-corrected chi connectivity index (χ4v) is 4.25. The van der Waals surface area contributed by atoms with Gasteiger partial charge in [0, 0.05) is 6.07 Å². The van der Waals surface area contributed by atoms with E-state index >= 15 is 0 Å². The molecule has 0 unspecified atom stereocenters. The third kappa shape index (κ3) is 4.84. The Bertz CT molecular complexity index is 1140. The van der Waals surface area contributed by atoms with E-state index in [1.54, 1.807) is 0 Å². The molecule has 0 bridgehead atoms. The number of aromatic hydroxyl groups is 1. The minimum atomic E-state index is -4.21. The van der Waals surface area contributed by atoms with Gasteiger partial charge in [-0.3, -0.25) is 9.44 Å². The zero-order valence-corrected chi connectivity index (χ0v) is 16.7. The highest BCUT2D eigenvalue weighted by Crippen LogP contribution is 2.31. The molecule has 2 aromatic rings. The molecule has 2 aromatic carbocycles. The first kappa shape index (κ1) is 21.3. The van der Waals surface area contributed by atoms with Crippen molar-refractivity contribution in [2.24, 2.45) is 0 Å². The Balaban J connectivity index is 2.45. The number of methoxy groups -OCH3 is 1. The number of hydrogen-bond acceptors (Lipinski definition) is 7. The molecule has 0 amide bonds. The van der Waals surface area contributed by atoms with Gasteiger partial charge in [0.05, 0.1) is 29.6 Å². The Morgan fingerprint density at radius 1 is 1.07 bits per heavy atom. The molecule has 10 nitrogen and oxygen atoms in total. The van der Waals surface area contributed by atoms with Crippen LogP contribution in [-0.4, -0.2) is 46.4 Å². The highest BCUT2D eigenvalue weighted by molar-refractivity contribution is 7.92. The lowest BCUT2D eigenvalue weighted by molar-refractivity contribution is 0.0693. The largest absolute Gasteiger partial charge is 0.507 e. The van der Waals surface area contributed by atoms with E-state index in [0.29, 0.717) is 0 Å². The molecule has 0 fully saturated rings. The van der Waals surface area contributed by atoms with Crippen molar-refractivity contribution in [2.45, 2.75) is 11.8 Å². The fraction of sp³-hybridized carbons (Fsp3) is 0.188. The van der Waals surface area contributed by atoms with Crippen LogP contribution in [0.5, 0.6) is 11.5 Å². The zero-order valence-electron chi connectivity index (χ0n) is 15.0. The van der Waals surface area contributed by atoms with E-state index in [0.717, 1.165) is 18.4 Å². The molecule has 0 radical (unpaired) electrons. The van der Waals surface area contributed by atoms with Crippen LogP contribution in [0.15, 0.2) is 35.2 Å². The number of nitrogens with one attached hydrogen (secondary N) is 2. The number of hydrogen-bond donors (Lipinski definition) is 4. The van der Waals surface area contributed by atoms with Gasteiger partial charge in [-0.2, -0.15) is 0 Å². The Morgan fingerprint density at radius 2 is 1.71 bits per heavy atom. The average Bonchev–Trinajstić information content (AvgIpc) is 2.54. The summed E-state index contributed by atoms with van der Waals surface area (Å²) in [4.78, 5) is 10.8. The number of sulfonamides is 2. The first-order chi connectivity index (χ1) is 12.8. The van der Waals surface area contributed by atoms with Gasteiger partial charge in [0.25, 0.3) is 10.0 Å². The third-order valence-electron chi connectivity index (χ3n) is 3.56. The van der Waals surface area contributed by atoms with Crippen LogP contribution >= 0.6 is 0 Å². The van der Waals surface area contributed by atoms with E-state index < -0.39 is 37.3 Å². The average molecular weight is 430 g/mol. The van der Waals surface area contributed by atoms with Gasteiger partial charge in [-0.25, -0.2) is 21.6 Å². The van der Waals surface area contributed by atoms with Crippen LogP contribution in [0.2, 0.25) is 0 Å². The summed E-state index contributed by atoms with van der Waals surface area (Å²) >= 11 is 0. The smallest absolute Gasteiger partial charge is 0.339 e. The number of benzene rings is 2. The number of aromatic carboxylic acids is 1. The molecular weight excluding hydrogens is 412 g/mol. The highest BCUT2D eigenvalue weighted by atomic mass is 32.2. The number of carbonyl (C=O) groups is 1. The van der Waals surface area contributed by atoms with Gasteiger partial charge in [-0.05, 0) is 36.8 Å². The van der Waals surface area contributed by atoms with Crippen LogP contribution in [0.1, 0.15) is 15.9 Å². The molecule has 4 N–H and O–H groups in total. The SMILES string of the molecule is COc1cc(NS(=O)(=O)c2cc(C(=O)O)c(O)cc2C)ccc1NS(C)(=O)=O. The summed E-state index contributed by atoms with van der Waals surface area (Å²) < 4.78 is 57.7. The van der Waals surface area contributed by atoms with E-state index in [2.05, 4.69) is 9.44 Å². The summed E-state index contributed by atoms with van der Waals surface area (Å²) in [6, 6.07) is 5.77. The van der Waals surface area contributed by atoms with Crippen molar-refractivity contribution < 1.29 is 36.6 Å². The number of anilines is 2. The third-order valence-corrected chi connectivity index (χ3v) is 5.68. The summed E-state index contributed by atoms with van der Waals surface area (Å²) in [6.45, 7) is 1.40. The minimum Gasteiger partial charge on any atom is -0.507 e. The summed E-state index contributed by atoms with van der Waals surface area (Å²) in [5, 5.41) is 18.7. The number of aryl methyl sites for hydroxylation is 1. The number of rotatable bonds is 7. The molecule has 0 aliphatic carbocycles. The van der Waals surface area contributed by atoms with E-state index in [1.807, 2.05) is 0 Å². The van der Waals surface area contributed by atoms with Crippen molar-refractivity contribution >= 4 is 37.4 Å². The highest BCUT2D eigenvalue weighted by Gasteiger charge is 2.22. The first-order valence-corrected chi connectivity index (χ1v) is 11.0. The minimum absolute atomic E-state index is 0.0558. The van der Waals surface area contributed by atoms with Gasteiger partial charge in [-0.15, -0.1) is 0 Å². The maximum atomic E-state index is 12.7. The van der Waals surface area contributed by atoms with Crippen molar-refractivity contribution in [3.63, 3.8) is 0 Å². The molecular formula is C16H18N2O8S2. The number of carboxylic acid groups (broad SMARTS) is 1. The van der Waals surface area contributed by atoms with Crippen molar-refractivity contribution in [2.75, 3.05) is 22.8 Å². The lowest BCUT2D eigenvalue weighted by Crippen LogP contribution is -2.16. The first-order valence-electron chi connectivity index (χ1n) is 7.59. The van der Waals surface area contributed by atoms with Crippen LogP contribution in [0, 0.1) is 6.92 Å². The molecule has 0 aromatic heterocycles. The Morgan fingerprint density at radius 3 is 2.25 bits per heavy atom. The van der Waals surface area contributed by atoms with E-state index in [4.69, 9.17) is 9.84 Å². The maximum Gasteiger partial charge on any atom is 0.339 e. The van der Waals surface area contributed by atoms with E-state index in [9.17, 15) is 26.7 Å². The molecule has 12 heteroatoms. The zero-order chi connectivity index (χ0) is 21.3. The molecule has 0 saturated heterocycles. The van der Waals surface area contributed by atoms with Gasteiger partial charge in [0.2, 0.25) is 10.0 Å². The van der Waals surface area contributed by atoms with Crippen molar-refractivity contribution in [1.29, 1.82) is 0 Å². The Hall–Kier alpha value is -2.99. The molecule has 28 heavy (non-hydrogen) atoms. The second-order valence-corrected chi connectivity index (χ2v) is 9.23. The monoisotopic (exact) mass is 430 g/mol. The van der Waals surface area contributed by atoms with Crippen LogP contribution in [0.4, 0.5) is 11.4 Å². The fourth-order valence-electron chi connectivity index (χ4n) is 2.38. The van der Waals surface area contributed by atoms with Crippen molar-refractivity contribution in [1.82, 2.24) is 0 Å². The number of carboxylic acids is 1. The maximum absolute atomic E-state index is 12.7. The Labute approximate surface area is 161 Å². The predicted octanol–water partition coefficient (Wildman–Crippen LogP) is 1.58. The number of ether oxygens (including phenoxy) is 1. The van der Waals surface area contributed by atoms with Gasteiger partial charge < -0.3 is 14.9 Å². The molecule has 0 aliphatic heterocycles. The number of phenols is 1. The second kappa shape index (κ2) is 7.56. The van der Waals surface area contributed by atoms with Gasteiger partial charge in [0.15, 0.2) is 0 Å². The van der Waals surface area contributed by atoms with Crippen LogP contribution < -0.4 is 14.2 Å². The normalized spacial score (nSPS) is 11.7. The van der Waals surface area contributed by atoms with Crippen LogP contribution in [-0.2, 0) is 20.0 Å². The lowest BCUT2D eigenvalue weighted by Gasteiger charge is -2.14. The van der Waals surface area contributed by atoms with Crippen molar-refractivity contribution in [3.05, 3.63) is 41.5 Å². The quantitative estimate of drug-likeness (QED) is 0.515. The molecule has 0 atom stereocenters. The lowest BCUT2D eigenvalue weighted by atomic mass is 10.1. The topological polar surface area (TPSA) is 159 Å². The van der Waals surface area contributed by atoms with Gasteiger partial charge >= 0.3 is 5.97 Å². The Kier molecular flexibility index (Phi) is 5.75. The molecule has 0 heterocycles. The van der Waals surface area contributed by atoms with Crippen LogP contribution in [0.3, 0.4) is 0 Å². The van der Waals surface area contributed by atoms with E-state index in [1.165, 1.54) is 32.2 Å². The molecule has 0 spiro atoms. The summed E-state index contributed by atoms with van der Waals surface area (Å²) in [6.07, 6.45) is 0.955. The van der Waals surface area contributed by atoms with Gasteiger partial charge in [0.1, 0.15) is 17.1 Å². The summed E-state index contributed by atoms with van der Waals surface area (Å²) in [5.41, 5.74) is -0.254. The molecule has 0 aliphatic rings. The van der Waals surface area contributed by atoms with Crippen LogP contribution in [0.25, 0.3) is 0 Å². The molecule has 0 saturated carbocycles. The molecule has 2 rings (SSSR count). The second-order valence-electron chi connectivity index (χ2n) is 5.83. The summed E-state index contributed by atoms with van der Waals surface area (Å²) in [5.74, 6) is -1.96. The molecule has 152 valence electrons. The van der Waals surface area contributed by atoms with Gasteiger partial charge in [-0.1, -0.05) is 0 Å². The van der Waals surface area contributed by atoms with Crippen molar-refractivity contribution in [3.8, 4) is 11.5 Å². The summed E-state index contributed by atoms with van der Waals surface area (Å²) in [7, 11) is -6.50.